The van der Waals surface area contributed by atoms with Crippen molar-refractivity contribution in [2.75, 3.05) is 7.11 Å². The molecule has 0 spiro atoms. The van der Waals surface area contributed by atoms with E-state index in [1.54, 1.807) is 42.5 Å². The van der Waals surface area contributed by atoms with Crippen molar-refractivity contribution in [1.82, 2.24) is 19.4 Å². The smallest absolute Gasteiger partial charge is 0.330 e. The van der Waals surface area contributed by atoms with E-state index in [1.807, 2.05) is 0 Å². The summed E-state index contributed by atoms with van der Waals surface area (Å²) >= 11 is 13.6. The number of methoxy groups -OCH3 is 1. The number of allylic oxidation sites excluding steroid dienone is 2. The second-order valence-electron chi connectivity index (χ2n) is 8.38. The largest absolute Gasteiger partial charge is 0.496 e. The number of amides is 1. The van der Waals surface area contributed by atoms with Gasteiger partial charge in [0.15, 0.2) is 6.29 Å². The maximum absolute atomic E-state index is 13.6. The number of halogens is 2. The summed E-state index contributed by atoms with van der Waals surface area (Å²) in [6, 6.07) is 8.59. The monoisotopic (exact) mass is 540 g/mol. The third kappa shape index (κ3) is 4.52. The summed E-state index contributed by atoms with van der Waals surface area (Å²) in [6.07, 6.45) is 8.17. The molecule has 1 amide bonds. The van der Waals surface area contributed by atoms with E-state index in [2.05, 4.69) is 10.3 Å². The van der Waals surface area contributed by atoms with Crippen molar-refractivity contribution < 1.29 is 14.3 Å². The van der Waals surface area contributed by atoms with Gasteiger partial charge in [0.25, 0.3) is 11.5 Å². The second-order valence-corrected chi connectivity index (χ2v) is 9.22. The van der Waals surface area contributed by atoms with Crippen molar-refractivity contribution in [3.05, 3.63) is 109 Å². The van der Waals surface area contributed by atoms with Crippen LogP contribution in [0.2, 0.25) is 5.02 Å². The van der Waals surface area contributed by atoms with Crippen LogP contribution < -0.4 is 21.3 Å². The highest BCUT2D eigenvalue weighted by Crippen LogP contribution is 2.43. The molecule has 1 aliphatic carbocycles. The molecule has 37 heavy (non-hydrogen) atoms. The van der Waals surface area contributed by atoms with Crippen LogP contribution in [0.5, 0.6) is 5.75 Å². The van der Waals surface area contributed by atoms with Gasteiger partial charge in [-0.25, -0.2) is 4.79 Å². The van der Waals surface area contributed by atoms with Gasteiger partial charge in [-0.15, -0.1) is 11.6 Å². The topological polar surface area (TPSA) is 112 Å². The number of alkyl halides is 1. The van der Waals surface area contributed by atoms with Gasteiger partial charge in [-0.1, -0.05) is 48.0 Å². The van der Waals surface area contributed by atoms with Crippen LogP contribution in [0.4, 0.5) is 0 Å². The van der Waals surface area contributed by atoms with Crippen LogP contribution in [0, 0.1) is 0 Å². The molecular weight excluding hydrogens is 519 g/mol. The first-order valence-electron chi connectivity index (χ1n) is 11.0. The van der Waals surface area contributed by atoms with Crippen molar-refractivity contribution in [3.8, 4) is 5.75 Å². The second kappa shape index (κ2) is 10.2. The number of aryl methyl sites for hydroxylation is 1. The Labute approximate surface area is 221 Å². The van der Waals surface area contributed by atoms with E-state index in [-0.39, 0.29) is 22.6 Å². The number of nitrogens with one attached hydrogen (secondary N) is 1. The summed E-state index contributed by atoms with van der Waals surface area (Å²) < 4.78 is 7.32. The van der Waals surface area contributed by atoms with Gasteiger partial charge in [0.2, 0.25) is 0 Å². The van der Waals surface area contributed by atoms with Gasteiger partial charge in [-0.2, -0.15) is 0 Å². The molecule has 0 saturated heterocycles. The third-order valence-electron chi connectivity index (χ3n) is 6.17. The standard InChI is InChI=1S/C26H22Cl2N4O5/c1-31-13-18(24(35)32(2)25(31)36)23(34)30-26(21-11-20(37-3)15(14-33)12-29-21)10-6-8-17(22(26)28)16-7-4-5-9-19(16)27/h4-14,22H,1-3H3,(H,30,34). The number of ether oxygens (including phenoxy) is 1. The normalized spacial score (nSPS) is 18.7. The Morgan fingerprint density at radius 1 is 1.24 bits per heavy atom. The highest BCUT2D eigenvalue weighted by atomic mass is 35.5. The zero-order chi connectivity index (χ0) is 26.9. The third-order valence-corrected chi connectivity index (χ3v) is 7.08. The summed E-state index contributed by atoms with van der Waals surface area (Å²) in [7, 11) is 4.11. The number of carbonyl (C=O) groups excluding carboxylic acids is 2. The van der Waals surface area contributed by atoms with E-state index in [9.17, 15) is 19.2 Å². The number of nitrogens with zero attached hydrogens (tertiary/aromatic N) is 3. The van der Waals surface area contributed by atoms with Crippen molar-refractivity contribution in [2.45, 2.75) is 10.9 Å². The fourth-order valence-corrected chi connectivity index (χ4v) is 4.86. The Kier molecular flexibility index (Phi) is 7.20. The fourth-order valence-electron chi connectivity index (χ4n) is 4.18. The molecule has 0 fully saturated rings. The number of aldehydes is 1. The number of aromatic nitrogens is 3. The molecule has 4 rings (SSSR count). The van der Waals surface area contributed by atoms with Gasteiger partial charge in [0.05, 0.1) is 23.7 Å². The van der Waals surface area contributed by atoms with Crippen LogP contribution in [0.1, 0.15) is 32.0 Å². The van der Waals surface area contributed by atoms with Crippen LogP contribution in [-0.2, 0) is 19.6 Å². The number of pyridine rings is 1. The number of carbonyl (C=O) groups is 2. The molecule has 1 aliphatic rings. The van der Waals surface area contributed by atoms with Gasteiger partial charge in [-0.05, 0) is 17.2 Å². The first-order valence-corrected chi connectivity index (χ1v) is 11.8. The van der Waals surface area contributed by atoms with E-state index in [0.717, 1.165) is 15.3 Å². The van der Waals surface area contributed by atoms with Crippen LogP contribution in [0.3, 0.4) is 0 Å². The minimum absolute atomic E-state index is 0.201. The zero-order valence-corrected chi connectivity index (χ0v) is 21.6. The number of hydrogen-bond donors (Lipinski definition) is 1. The number of hydrogen-bond acceptors (Lipinski definition) is 6. The Hall–Kier alpha value is -3.95. The summed E-state index contributed by atoms with van der Waals surface area (Å²) in [6.45, 7) is 0. The molecule has 2 unspecified atom stereocenters. The predicted molar refractivity (Wildman–Crippen MR) is 140 cm³/mol. The first kappa shape index (κ1) is 26.1. The lowest BCUT2D eigenvalue weighted by molar-refractivity contribution is 0.0912. The number of benzene rings is 1. The summed E-state index contributed by atoms with van der Waals surface area (Å²) in [5.74, 6) is -0.565. The molecule has 2 atom stereocenters. The Morgan fingerprint density at radius 3 is 2.65 bits per heavy atom. The van der Waals surface area contributed by atoms with Gasteiger partial charge >= 0.3 is 5.69 Å². The number of rotatable bonds is 6. The molecule has 1 aromatic carbocycles. The highest BCUT2D eigenvalue weighted by Gasteiger charge is 2.45. The summed E-state index contributed by atoms with van der Waals surface area (Å²) in [5, 5.41) is 2.35. The van der Waals surface area contributed by atoms with Gasteiger partial charge in [0.1, 0.15) is 16.9 Å². The van der Waals surface area contributed by atoms with Gasteiger partial charge < -0.3 is 14.6 Å². The Balaban J connectivity index is 1.91. The van der Waals surface area contributed by atoms with Crippen LogP contribution in [0.25, 0.3) is 5.57 Å². The molecule has 11 heteroatoms. The van der Waals surface area contributed by atoms with E-state index >= 15 is 0 Å². The Morgan fingerprint density at radius 2 is 1.97 bits per heavy atom. The molecular formula is C26H22Cl2N4O5. The lowest BCUT2D eigenvalue weighted by Crippen LogP contribution is -2.54. The lowest BCUT2D eigenvalue weighted by Gasteiger charge is -2.39. The maximum Gasteiger partial charge on any atom is 0.330 e. The molecule has 2 aromatic heterocycles. The molecule has 9 nitrogen and oxygen atoms in total. The van der Waals surface area contributed by atoms with Crippen molar-refractivity contribution >= 4 is 41.0 Å². The molecule has 190 valence electrons. The van der Waals surface area contributed by atoms with E-state index in [0.29, 0.717) is 22.4 Å². The van der Waals surface area contributed by atoms with Gasteiger partial charge in [-0.3, -0.25) is 23.9 Å². The van der Waals surface area contributed by atoms with Crippen LogP contribution >= 0.6 is 23.2 Å². The summed E-state index contributed by atoms with van der Waals surface area (Å²) in [4.78, 5) is 54.4. The Bertz CT molecular complexity index is 1590. The highest BCUT2D eigenvalue weighted by molar-refractivity contribution is 6.34. The SMILES string of the molecule is COc1cc(C2(NC(=O)c3cn(C)c(=O)n(C)c3=O)C=CC=C(c3ccccc3Cl)C2Cl)ncc1C=O. The van der Waals surface area contributed by atoms with Crippen LogP contribution in [-0.4, -0.2) is 38.8 Å². The average molecular weight is 541 g/mol. The molecule has 2 heterocycles. The molecule has 1 N–H and O–H groups in total. The molecule has 0 aliphatic heterocycles. The van der Waals surface area contributed by atoms with Crippen molar-refractivity contribution in [3.63, 3.8) is 0 Å². The van der Waals surface area contributed by atoms with Crippen molar-refractivity contribution in [2.24, 2.45) is 14.1 Å². The molecule has 0 saturated carbocycles. The van der Waals surface area contributed by atoms with Crippen molar-refractivity contribution in [1.29, 1.82) is 0 Å². The fraction of sp³-hybridized carbons (Fsp3) is 0.192. The average Bonchev–Trinajstić information content (AvgIpc) is 2.90. The van der Waals surface area contributed by atoms with E-state index in [4.69, 9.17) is 27.9 Å². The zero-order valence-electron chi connectivity index (χ0n) is 20.1. The molecule has 3 aromatic rings. The minimum Gasteiger partial charge on any atom is -0.496 e. The maximum atomic E-state index is 13.6. The minimum atomic E-state index is -1.50. The van der Waals surface area contributed by atoms with E-state index in [1.165, 1.54) is 33.5 Å². The quantitative estimate of drug-likeness (QED) is 0.380. The predicted octanol–water partition coefficient (Wildman–Crippen LogP) is 2.84. The molecule has 0 radical (unpaired) electrons. The summed E-state index contributed by atoms with van der Waals surface area (Å²) in [5.41, 5.74) is -1.45. The van der Waals surface area contributed by atoms with E-state index < -0.39 is 28.1 Å². The van der Waals surface area contributed by atoms with Crippen LogP contribution in [0.15, 0.2) is 70.5 Å². The van der Waals surface area contributed by atoms with Gasteiger partial charge in [0, 0.05) is 37.6 Å². The lowest BCUT2D eigenvalue weighted by atomic mass is 9.80. The molecule has 0 bridgehead atoms. The first-order chi connectivity index (χ1) is 17.6.